The molecule has 0 atom stereocenters. The molecule has 0 aliphatic carbocycles. The van der Waals surface area contributed by atoms with Crippen LogP contribution in [0.15, 0.2) is 0 Å². The van der Waals surface area contributed by atoms with Gasteiger partial charge in [-0.15, -0.1) is 10.2 Å². The molecule has 5 nitrogen and oxygen atoms in total. The first-order valence-electron chi connectivity index (χ1n) is 2.78. The maximum Gasteiger partial charge on any atom is 0.286 e. The van der Waals surface area contributed by atoms with Gasteiger partial charge in [-0.05, 0) is 6.92 Å². The Morgan fingerprint density at radius 3 is 2.40 bits per heavy atom. The van der Waals surface area contributed by atoms with Crippen LogP contribution in [-0.4, -0.2) is 20.7 Å². The molecule has 0 bridgehead atoms. The standard InChI is InChI=1S/C5H8N4O/c1-3-7-8-5(4(6)10)9(3)2/h1-2H3,(H2,6,10). The molecule has 0 radical (unpaired) electrons. The Hall–Kier alpha value is -1.39. The summed E-state index contributed by atoms with van der Waals surface area (Å²) in [5.74, 6) is 0.314. The van der Waals surface area contributed by atoms with E-state index >= 15 is 0 Å². The SMILES string of the molecule is Cc1nnc(C(N)=O)n1C. The van der Waals surface area contributed by atoms with E-state index in [-0.39, 0.29) is 5.82 Å². The van der Waals surface area contributed by atoms with E-state index in [1.54, 1.807) is 18.5 Å². The topological polar surface area (TPSA) is 73.8 Å². The first kappa shape index (κ1) is 6.73. The van der Waals surface area contributed by atoms with Crippen molar-refractivity contribution in [2.45, 2.75) is 6.92 Å². The van der Waals surface area contributed by atoms with Crippen LogP contribution in [0, 0.1) is 6.92 Å². The van der Waals surface area contributed by atoms with Crippen LogP contribution in [0.25, 0.3) is 0 Å². The van der Waals surface area contributed by atoms with E-state index < -0.39 is 5.91 Å². The van der Waals surface area contributed by atoms with E-state index in [0.29, 0.717) is 5.82 Å². The summed E-state index contributed by atoms with van der Waals surface area (Å²) in [7, 11) is 1.69. The van der Waals surface area contributed by atoms with Gasteiger partial charge in [0, 0.05) is 7.05 Å². The van der Waals surface area contributed by atoms with Crippen molar-refractivity contribution in [3.8, 4) is 0 Å². The molecule has 0 aliphatic heterocycles. The van der Waals surface area contributed by atoms with Crippen molar-refractivity contribution in [3.63, 3.8) is 0 Å². The average molecular weight is 140 g/mol. The van der Waals surface area contributed by atoms with E-state index in [1.807, 2.05) is 0 Å². The second kappa shape index (κ2) is 2.09. The van der Waals surface area contributed by atoms with Gasteiger partial charge in [0.25, 0.3) is 5.91 Å². The molecule has 1 rings (SSSR count). The van der Waals surface area contributed by atoms with Crippen LogP contribution in [-0.2, 0) is 7.05 Å². The molecule has 0 spiro atoms. The third kappa shape index (κ3) is 0.854. The first-order valence-corrected chi connectivity index (χ1v) is 2.78. The lowest BCUT2D eigenvalue weighted by Crippen LogP contribution is -2.16. The quantitative estimate of drug-likeness (QED) is 0.556. The summed E-state index contributed by atoms with van der Waals surface area (Å²) in [6.07, 6.45) is 0. The Balaban J connectivity index is 3.17. The number of aryl methyl sites for hydroxylation is 1. The van der Waals surface area contributed by atoms with Gasteiger partial charge in [-0.1, -0.05) is 0 Å². The summed E-state index contributed by atoms with van der Waals surface area (Å²) in [4.78, 5) is 10.5. The van der Waals surface area contributed by atoms with Gasteiger partial charge in [-0.2, -0.15) is 0 Å². The molecule has 0 saturated heterocycles. The van der Waals surface area contributed by atoms with E-state index in [9.17, 15) is 4.79 Å². The molecule has 0 fully saturated rings. The molecule has 10 heavy (non-hydrogen) atoms. The molecular weight excluding hydrogens is 132 g/mol. The van der Waals surface area contributed by atoms with Gasteiger partial charge in [-0.3, -0.25) is 4.79 Å². The number of carbonyl (C=O) groups is 1. The molecule has 1 heterocycles. The Bertz CT molecular complexity index is 265. The normalized spacial score (nSPS) is 9.80. The van der Waals surface area contributed by atoms with Gasteiger partial charge in [0.1, 0.15) is 5.82 Å². The second-order valence-corrected chi connectivity index (χ2v) is 1.99. The summed E-state index contributed by atoms with van der Waals surface area (Å²) < 4.78 is 1.54. The molecule has 54 valence electrons. The fraction of sp³-hybridized carbons (Fsp3) is 0.400. The molecular formula is C5H8N4O. The van der Waals surface area contributed by atoms with Crippen molar-refractivity contribution in [2.24, 2.45) is 12.8 Å². The predicted molar refractivity (Wildman–Crippen MR) is 34.3 cm³/mol. The minimum absolute atomic E-state index is 0.192. The third-order valence-electron chi connectivity index (χ3n) is 1.31. The molecule has 2 N–H and O–H groups in total. The van der Waals surface area contributed by atoms with E-state index in [4.69, 9.17) is 5.73 Å². The second-order valence-electron chi connectivity index (χ2n) is 1.99. The van der Waals surface area contributed by atoms with Gasteiger partial charge in [0.05, 0.1) is 0 Å². The molecule has 1 aromatic heterocycles. The summed E-state index contributed by atoms with van der Waals surface area (Å²) in [6, 6.07) is 0. The predicted octanol–water partition coefficient (Wildman–Crippen LogP) is -0.778. The number of hydrogen-bond acceptors (Lipinski definition) is 3. The number of nitrogens with two attached hydrogens (primary N) is 1. The smallest absolute Gasteiger partial charge is 0.286 e. The van der Waals surface area contributed by atoms with Gasteiger partial charge < -0.3 is 10.3 Å². The van der Waals surface area contributed by atoms with Crippen LogP contribution in [0.2, 0.25) is 0 Å². The number of rotatable bonds is 1. The van der Waals surface area contributed by atoms with Gasteiger partial charge >= 0.3 is 0 Å². The molecule has 0 aliphatic rings. The fourth-order valence-corrected chi connectivity index (χ4v) is 0.622. The molecule has 0 unspecified atom stereocenters. The molecule has 1 amide bonds. The van der Waals surface area contributed by atoms with Crippen LogP contribution >= 0.6 is 0 Å². The molecule has 0 saturated carbocycles. The van der Waals surface area contributed by atoms with Crippen molar-refractivity contribution in [2.75, 3.05) is 0 Å². The third-order valence-corrected chi connectivity index (χ3v) is 1.31. The van der Waals surface area contributed by atoms with Crippen LogP contribution in [0.5, 0.6) is 0 Å². The fourth-order valence-electron chi connectivity index (χ4n) is 0.622. The maximum atomic E-state index is 10.5. The lowest BCUT2D eigenvalue weighted by Gasteiger charge is -1.93. The van der Waals surface area contributed by atoms with Crippen molar-refractivity contribution in [1.82, 2.24) is 14.8 Å². The minimum atomic E-state index is -0.553. The van der Waals surface area contributed by atoms with Crippen LogP contribution in [0.1, 0.15) is 16.4 Å². The Morgan fingerprint density at radius 1 is 1.60 bits per heavy atom. The highest BCUT2D eigenvalue weighted by molar-refractivity contribution is 5.88. The number of hydrogen-bond donors (Lipinski definition) is 1. The number of aromatic nitrogens is 3. The number of amides is 1. The number of primary amides is 1. The summed E-state index contributed by atoms with van der Waals surface area (Å²) in [6.45, 7) is 1.75. The zero-order chi connectivity index (χ0) is 7.72. The zero-order valence-electron chi connectivity index (χ0n) is 5.83. The maximum absolute atomic E-state index is 10.5. The monoisotopic (exact) mass is 140 g/mol. The van der Waals surface area contributed by atoms with Crippen LogP contribution in [0.3, 0.4) is 0 Å². The summed E-state index contributed by atoms with van der Waals surface area (Å²) >= 11 is 0. The Labute approximate surface area is 57.9 Å². The number of nitrogens with zero attached hydrogens (tertiary/aromatic N) is 3. The molecule has 1 aromatic rings. The summed E-state index contributed by atoms with van der Waals surface area (Å²) in [5.41, 5.74) is 4.97. The van der Waals surface area contributed by atoms with Crippen molar-refractivity contribution in [1.29, 1.82) is 0 Å². The van der Waals surface area contributed by atoms with Crippen molar-refractivity contribution in [3.05, 3.63) is 11.6 Å². The van der Waals surface area contributed by atoms with Gasteiger partial charge in [-0.25, -0.2) is 0 Å². The highest BCUT2D eigenvalue weighted by Gasteiger charge is 2.08. The van der Waals surface area contributed by atoms with Gasteiger partial charge in [0.2, 0.25) is 5.82 Å². The van der Waals surface area contributed by atoms with Crippen molar-refractivity contribution >= 4 is 5.91 Å². The van der Waals surface area contributed by atoms with Crippen molar-refractivity contribution < 1.29 is 4.79 Å². The largest absolute Gasteiger partial charge is 0.363 e. The number of carbonyl (C=O) groups excluding carboxylic acids is 1. The van der Waals surface area contributed by atoms with Gasteiger partial charge in [0.15, 0.2) is 0 Å². The highest BCUT2D eigenvalue weighted by Crippen LogP contribution is 1.94. The lowest BCUT2D eigenvalue weighted by molar-refractivity contribution is 0.0987. The zero-order valence-corrected chi connectivity index (χ0v) is 5.83. The lowest BCUT2D eigenvalue weighted by atomic mass is 10.5. The first-order chi connectivity index (χ1) is 4.63. The summed E-state index contributed by atoms with van der Waals surface area (Å²) in [5, 5.41) is 7.20. The minimum Gasteiger partial charge on any atom is -0.363 e. The van der Waals surface area contributed by atoms with E-state index in [2.05, 4.69) is 10.2 Å². The Morgan fingerprint density at radius 2 is 2.20 bits per heavy atom. The van der Waals surface area contributed by atoms with E-state index in [0.717, 1.165) is 0 Å². The van der Waals surface area contributed by atoms with Crippen LogP contribution < -0.4 is 5.73 Å². The van der Waals surface area contributed by atoms with Crippen LogP contribution in [0.4, 0.5) is 0 Å². The average Bonchev–Trinajstić information content (AvgIpc) is 2.14. The van der Waals surface area contributed by atoms with E-state index in [1.165, 1.54) is 0 Å². The highest BCUT2D eigenvalue weighted by atomic mass is 16.1. The molecule has 5 heteroatoms. The Kier molecular flexibility index (Phi) is 1.41. The molecule has 0 aromatic carbocycles.